The predicted octanol–water partition coefficient (Wildman–Crippen LogP) is 2.89. The molecule has 0 aliphatic heterocycles. The van der Waals surface area contributed by atoms with Crippen LogP contribution in [-0.2, 0) is 0 Å². The fourth-order valence-electron chi connectivity index (χ4n) is 2.50. The summed E-state index contributed by atoms with van der Waals surface area (Å²) in [5.74, 6) is 1.44. The first-order valence-corrected chi connectivity index (χ1v) is 5.86. The molecule has 2 N–H and O–H groups in total. The number of rotatable bonds is 2. The molecule has 3 unspecified atom stereocenters. The molecule has 1 saturated carbocycles. The topological polar surface area (TPSA) is 38.9 Å². The first-order valence-electron chi connectivity index (χ1n) is 5.86. The summed E-state index contributed by atoms with van der Waals surface area (Å²) in [5, 5.41) is 1.21. The fourth-order valence-corrected chi connectivity index (χ4v) is 2.50. The Hall–Kier alpha value is -1.41. The molecule has 16 heavy (non-hydrogen) atoms. The van der Waals surface area contributed by atoms with Crippen molar-refractivity contribution in [2.45, 2.75) is 19.4 Å². The number of nitrogens with two attached hydrogens (primary N) is 1. The maximum absolute atomic E-state index is 6.33. The fraction of sp³-hybridized carbons (Fsp3) is 0.357. The highest BCUT2D eigenvalue weighted by atomic mass is 14.7. The molecule has 1 aliphatic rings. The lowest BCUT2D eigenvalue weighted by molar-refractivity contribution is 0.597. The third-order valence-corrected chi connectivity index (χ3v) is 3.67. The number of hydrogen-bond donors (Lipinski definition) is 1. The van der Waals surface area contributed by atoms with Crippen LogP contribution < -0.4 is 5.73 Å². The van der Waals surface area contributed by atoms with E-state index in [9.17, 15) is 0 Å². The Bertz CT molecular complexity index is 516. The standard InChI is InChI=1S/C14H16N2/c1-9-8-12(9)14(15)11-4-2-6-13-10(11)5-3-7-16-13/h2-7,9,12,14H,8,15H2,1H3. The van der Waals surface area contributed by atoms with Gasteiger partial charge in [-0.2, -0.15) is 0 Å². The molecule has 0 amide bonds. The van der Waals surface area contributed by atoms with Crippen LogP contribution in [0.1, 0.15) is 24.9 Å². The van der Waals surface area contributed by atoms with Crippen molar-refractivity contribution in [2.24, 2.45) is 17.6 Å². The molecule has 0 spiro atoms. The summed E-state index contributed by atoms with van der Waals surface area (Å²) in [4.78, 5) is 4.37. The number of nitrogens with zero attached hydrogens (tertiary/aromatic N) is 1. The molecule has 1 heterocycles. The molecule has 0 bridgehead atoms. The molecule has 1 aromatic heterocycles. The summed E-state index contributed by atoms with van der Waals surface area (Å²) in [6.45, 7) is 2.27. The van der Waals surface area contributed by atoms with Gasteiger partial charge < -0.3 is 5.73 Å². The van der Waals surface area contributed by atoms with Gasteiger partial charge in [-0.1, -0.05) is 25.1 Å². The molecule has 2 aromatic rings. The molecule has 2 nitrogen and oxygen atoms in total. The van der Waals surface area contributed by atoms with E-state index in [1.54, 1.807) is 0 Å². The van der Waals surface area contributed by atoms with Crippen molar-refractivity contribution in [3.63, 3.8) is 0 Å². The van der Waals surface area contributed by atoms with E-state index in [4.69, 9.17) is 5.73 Å². The van der Waals surface area contributed by atoms with Crippen molar-refractivity contribution in [2.75, 3.05) is 0 Å². The summed E-state index contributed by atoms with van der Waals surface area (Å²) < 4.78 is 0. The smallest absolute Gasteiger partial charge is 0.0705 e. The summed E-state index contributed by atoms with van der Waals surface area (Å²) in [6.07, 6.45) is 3.09. The van der Waals surface area contributed by atoms with Crippen molar-refractivity contribution >= 4 is 10.9 Å². The van der Waals surface area contributed by atoms with Gasteiger partial charge in [0.2, 0.25) is 0 Å². The second-order valence-electron chi connectivity index (χ2n) is 4.82. The van der Waals surface area contributed by atoms with Crippen LogP contribution in [0.2, 0.25) is 0 Å². The zero-order valence-corrected chi connectivity index (χ0v) is 9.43. The minimum atomic E-state index is 0.169. The summed E-state index contributed by atoms with van der Waals surface area (Å²) in [7, 11) is 0. The molecule has 3 atom stereocenters. The van der Waals surface area contributed by atoms with E-state index in [1.165, 1.54) is 17.4 Å². The number of benzene rings is 1. The van der Waals surface area contributed by atoms with Crippen molar-refractivity contribution in [1.29, 1.82) is 0 Å². The third kappa shape index (κ3) is 1.50. The molecule has 1 fully saturated rings. The molecule has 2 heteroatoms. The second kappa shape index (κ2) is 3.56. The van der Waals surface area contributed by atoms with Gasteiger partial charge in [0, 0.05) is 17.6 Å². The van der Waals surface area contributed by atoms with Crippen LogP contribution in [0.5, 0.6) is 0 Å². The zero-order chi connectivity index (χ0) is 11.1. The molecule has 0 saturated heterocycles. The van der Waals surface area contributed by atoms with E-state index in [-0.39, 0.29) is 6.04 Å². The highest BCUT2D eigenvalue weighted by molar-refractivity contribution is 5.82. The number of aromatic nitrogens is 1. The van der Waals surface area contributed by atoms with E-state index >= 15 is 0 Å². The monoisotopic (exact) mass is 212 g/mol. The van der Waals surface area contributed by atoms with E-state index in [2.05, 4.69) is 30.1 Å². The highest BCUT2D eigenvalue weighted by Gasteiger charge is 2.38. The minimum absolute atomic E-state index is 0.169. The van der Waals surface area contributed by atoms with Crippen LogP contribution in [0, 0.1) is 11.8 Å². The second-order valence-corrected chi connectivity index (χ2v) is 4.82. The zero-order valence-electron chi connectivity index (χ0n) is 9.43. The van der Waals surface area contributed by atoms with Gasteiger partial charge in [0.15, 0.2) is 0 Å². The number of fused-ring (bicyclic) bond motifs is 1. The van der Waals surface area contributed by atoms with Gasteiger partial charge >= 0.3 is 0 Å². The van der Waals surface area contributed by atoms with E-state index in [1.807, 2.05) is 18.3 Å². The van der Waals surface area contributed by atoms with Gasteiger partial charge in [-0.3, -0.25) is 4.98 Å². The highest BCUT2D eigenvalue weighted by Crippen LogP contribution is 2.46. The number of pyridine rings is 1. The lowest BCUT2D eigenvalue weighted by atomic mass is 9.98. The van der Waals surface area contributed by atoms with Gasteiger partial charge in [0.1, 0.15) is 0 Å². The van der Waals surface area contributed by atoms with Gasteiger partial charge in [-0.15, -0.1) is 0 Å². The van der Waals surface area contributed by atoms with Gasteiger partial charge in [-0.05, 0) is 36.0 Å². The van der Waals surface area contributed by atoms with Gasteiger partial charge in [-0.25, -0.2) is 0 Å². The van der Waals surface area contributed by atoms with Crippen LogP contribution in [0.4, 0.5) is 0 Å². The Morgan fingerprint density at radius 2 is 2.12 bits per heavy atom. The van der Waals surface area contributed by atoms with E-state index < -0.39 is 0 Å². The lowest BCUT2D eigenvalue weighted by Crippen LogP contribution is -2.13. The third-order valence-electron chi connectivity index (χ3n) is 3.67. The summed E-state index contributed by atoms with van der Waals surface area (Å²) in [5.41, 5.74) is 8.62. The molecular formula is C14H16N2. The molecule has 1 aromatic carbocycles. The van der Waals surface area contributed by atoms with Gasteiger partial charge in [0.05, 0.1) is 5.52 Å². The van der Waals surface area contributed by atoms with Crippen LogP contribution in [0.3, 0.4) is 0 Å². The Morgan fingerprint density at radius 3 is 2.88 bits per heavy atom. The van der Waals surface area contributed by atoms with E-state index in [0.29, 0.717) is 5.92 Å². The first kappa shape index (κ1) is 9.79. The Kier molecular flexibility index (Phi) is 2.18. The SMILES string of the molecule is CC1CC1C(N)c1cccc2ncccc12. The van der Waals surface area contributed by atoms with Crippen molar-refractivity contribution in [3.8, 4) is 0 Å². The van der Waals surface area contributed by atoms with Crippen LogP contribution in [-0.4, -0.2) is 4.98 Å². The predicted molar refractivity (Wildman–Crippen MR) is 65.9 cm³/mol. The lowest BCUT2D eigenvalue weighted by Gasteiger charge is -2.13. The largest absolute Gasteiger partial charge is 0.324 e. The maximum atomic E-state index is 6.33. The van der Waals surface area contributed by atoms with Crippen molar-refractivity contribution in [3.05, 3.63) is 42.1 Å². The number of hydrogen-bond acceptors (Lipinski definition) is 2. The minimum Gasteiger partial charge on any atom is -0.324 e. The Labute approximate surface area is 95.5 Å². The van der Waals surface area contributed by atoms with Crippen molar-refractivity contribution in [1.82, 2.24) is 4.98 Å². The maximum Gasteiger partial charge on any atom is 0.0705 e. The van der Waals surface area contributed by atoms with Crippen LogP contribution in [0.25, 0.3) is 10.9 Å². The molecule has 3 rings (SSSR count). The Morgan fingerprint density at radius 1 is 1.31 bits per heavy atom. The molecule has 1 aliphatic carbocycles. The first-order chi connectivity index (χ1) is 7.77. The quantitative estimate of drug-likeness (QED) is 0.831. The molecule has 0 radical (unpaired) electrons. The summed E-state index contributed by atoms with van der Waals surface area (Å²) >= 11 is 0. The molecular weight excluding hydrogens is 196 g/mol. The summed E-state index contributed by atoms with van der Waals surface area (Å²) in [6, 6.07) is 10.5. The van der Waals surface area contributed by atoms with Gasteiger partial charge in [0.25, 0.3) is 0 Å². The van der Waals surface area contributed by atoms with Crippen molar-refractivity contribution < 1.29 is 0 Å². The van der Waals surface area contributed by atoms with Crippen LogP contribution >= 0.6 is 0 Å². The average Bonchev–Trinajstić information content (AvgIpc) is 3.05. The normalized spacial score (nSPS) is 25.6. The Balaban J connectivity index is 2.09. The van der Waals surface area contributed by atoms with Crippen LogP contribution in [0.15, 0.2) is 36.5 Å². The average molecular weight is 212 g/mol. The van der Waals surface area contributed by atoms with E-state index in [0.717, 1.165) is 11.4 Å². The molecule has 82 valence electrons.